The third-order valence-electron chi connectivity index (χ3n) is 3.86. The van der Waals surface area contributed by atoms with E-state index in [1.165, 1.54) is 30.8 Å². The smallest absolute Gasteiger partial charge is 0.243 e. The van der Waals surface area contributed by atoms with Crippen LogP contribution in [0.4, 0.5) is 4.39 Å². The minimum atomic E-state index is -3.48. The van der Waals surface area contributed by atoms with Gasteiger partial charge in [0, 0.05) is 12.8 Å². The Morgan fingerprint density at radius 3 is 2.62 bits per heavy atom. The van der Waals surface area contributed by atoms with Gasteiger partial charge in [0.1, 0.15) is 23.3 Å². The van der Waals surface area contributed by atoms with E-state index in [1.807, 2.05) is 0 Å². The van der Waals surface area contributed by atoms with E-state index in [-0.39, 0.29) is 10.8 Å². The molecule has 0 N–H and O–H groups in total. The summed E-state index contributed by atoms with van der Waals surface area (Å²) in [5.74, 6) is 0.0319. The summed E-state index contributed by atoms with van der Waals surface area (Å²) < 4.78 is 43.8. The maximum Gasteiger partial charge on any atom is 0.243 e. The molecule has 9 heteroatoms. The molecule has 3 heterocycles. The largest absolute Gasteiger partial charge is 0.443 e. The molecule has 0 spiro atoms. The van der Waals surface area contributed by atoms with Crippen molar-refractivity contribution >= 4 is 21.0 Å². The standard InChI is InChI=1S/C17H13FN4O3S/c1-26(23,24)15-9-20-16-13(21-15)8-14(17-19-6-7-25-17)22(16)10-11-2-4-12(18)5-3-11/h2-9H,10H2,1H3. The zero-order chi connectivity index (χ0) is 18.3. The van der Waals surface area contributed by atoms with E-state index in [2.05, 4.69) is 15.0 Å². The van der Waals surface area contributed by atoms with Gasteiger partial charge in [0.05, 0.1) is 12.4 Å². The Morgan fingerprint density at radius 2 is 1.96 bits per heavy atom. The first-order valence-electron chi connectivity index (χ1n) is 7.62. The van der Waals surface area contributed by atoms with Crippen molar-refractivity contribution in [1.82, 2.24) is 19.5 Å². The van der Waals surface area contributed by atoms with Crippen molar-refractivity contribution in [2.75, 3.05) is 6.26 Å². The summed E-state index contributed by atoms with van der Waals surface area (Å²) in [6.07, 6.45) is 5.25. The number of benzene rings is 1. The highest BCUT2D eigenvalue weighted by Crippen LogP contribution is 2.27. The van der Waals surface area contributed by atoms with E-state index < -0.39 is 9.84 Å². The van der Waals surface area contributed by atoms with Gasteiger partial charge in [-0.1, -0.05) is 12.1 Å². The van der Waals surface area contributed by atoms with Crippen molar-refractivity contribution in [2.45, 2.75) is 11.6 Å². The van der Waals surface area contributed by atoms with E-state index in [4.69, 9.17) is 4.42 Å². The molecule has 0 aliphatic carbocycles. The SMILES string of the molecule is CS(=O)(=O)c1cnc2c(cc(-c3ncco3)n2Cc2ccc(F)cc2)n1. The third kappa shape index (κ3) is 2.97. The molecular weight excluding hydrogens is 359 g/mol. The van der Waals surface area contributed by atoms with Crippen molar-refractivity contribution in [1.29, 1.82) is 0 Å². The Bertz CT molecular complexity index is 1180. The van der Waals surface area contributed by atoms with Crippen LogP contribution in [0, 0.1) is 5.82 Å². The number of oxazole rings is 1. The lowest BCUT2D eigenvalue weighted by Gasteiger charge is -2.08. The van der Waals surface area contributed by atoms with Crippen LogP contribution in [-0.2, 0) is 16.4 Å². The Hall–Kier alpha value is -3.07. The normalized spacial score (nSPS) is 11.9. The van der Waals surface area contributed by atoms with Crippen LogP contribution in [0.15, 0.2) is 58.4 Å². The van der Waals surface area contributed by atoms with Gasteiger partial charge in [-0.3, -0.25) is 0 Å². The van der Waals surface area contributed by atoms with Crippen molar-refractivity contribution in [3.63, 3.8) is 0 Å². The molecule has 0 unspecified atom stereocenters. The first kappa shape index (κ1) is 16.4. The average Bonchev–Trinajstić information content (AvgIpc) is 3.24. The predicted molar refractivity (Wildman–Crippen MR) is 91.6 cm³/mol. The van der Waals surface area contributed by atoms with Crippen LogP contribution in [0.25, 0.3) is 22.7 Å². The van der Waals surface area contributed by atoms with Gasteiger partial charge in [0.15, 0.2) is 20.5 Å². The van der Waals surface area contributed by atoms with Crippen LogP contribution in [-0.4, -0.2) is 34.2 Å². The Balaban J connectivity index is 1.90. The lowest BCUT2D eigenvalue weighted by molar-refractivity contribution is 0.567. The van der Waals surface area contributed by atoms with Crippen molar-refractivity contribution < 1.29 is 17.2 Å². The second-order valence-corrected chi connectivity index (χ2v) is 7.73. The maximum atomic E-state index is 13.2. The number of aromatic nitrogens is 4. The van der Waals surface area contributed by atoms with Gasteiger partial charge in [-0.25, -0.2) is 27.8 Å². The minimum Gasteiger partial charge on any atom is -0.443 e. The van der Waals surface area contributed by atoms with Gasteiger partial charge in [-0.2, -0.15) is 0 Å². The number of sulfone groups is 1. The fourth-order valence-electron chi connectivity index (χ4n) is 2.64. The molecule has 0 bridgehead atoms. The molecule has 0 atom stereocenters. The van der Waals surface area contributed by atoms with Gasteiger partial charge in [-0.05, 0) is 23.8 Å². The molecule has 0 radical (unpaired) electrons. The number of nitrogens with zero attached hydrogens (tertiary/aromatic N) is 4. The molecule has 7 nitrogen and oxygen atoms in total. The summed E-state index contributed by atoms with van der Waals surface area (Å²) in [6, 6.07) is 7.75. The van der Waals surface area contributed by atoms with Crippen LogP contribution in [0.1, 0.15) is 5.56 Å². The van der Waals surface area contributed by atoms with Crippen molar-refractivity contribution in [3.8, 4) is 11.6 Å². The van der Waals surface area contributed by atoms with E-state index >= 15 is 0 Å². The highest BCUT2D eigenvalue weighted by Gasteiger charge is 2.19. The molecule has 3 aromatic heterocycles. The maximum absolute atomic E-state index is 13.2. The first-order valence-corrected chi connectivity index (χ1v) is 9.51. The second kappa shape index (κ2) is 6.03. The van der Waals surface area contributed by atoms with Gasteiger partial charge in [0.25, 0.3) is 0 Å². The lowest BCUT2D eigenvalue weighted by Crippen LogP contribution is -2.05. The minimum absolute atomic E-state index is 0.108. The fourth-order valence-corrected chi connectivity index (χ4v) is 3.15. The fraction of sp³-hybridized carbons (Fsp3) is 0.118. The van der Waals surface area contributed by atoms with E-state index in [1.54, 1.807) is 22.8 Å². The number of halogens is 1. The topological polar surface area (TPSA) is 90.9 Å². The zero-order valence-electron chi connectivity index (χ0n) is 13.6. The second-order valence-electron chi connectivity index (χ2n) is 5.77. The Morgan fingerprint density at radius 1 is 1.19 bits per heavy atom. The summed E-state index contributed by atoms with van der Waals surface area (Å²) in [7, 11) is -3.48. The van der Waals surface area contributed by atoms with E-state index in [0.29, 0.717) is 29.3 Å². The summed E-state index contributed by atoms with van der Waals surface area (Å²) in [6.45, 7) is 0.369. The molecule has 4 rings (SSSR count). The first-order chi connectivity index (χ1) is 12.4. The number of hydrogen-bond donors (Lipinski definition) is 0. The van der Waals surface area contributed by atoms with Gasteiger partial charge in [-0.15, -0.1) is 0 Å². The molecule has 0 saturated carbocycles. The number of rotatable bonds is 4. The molecule has 0 fully saturated rings. The molecule has 0 aliphatic rings. The summed E-state index contributed by atoms with van der Waals surface area (Å²) >= 11 is 0. The van der Waals surface area contributed by atoms with Crippen LogP contribution in [0.5, 0.6) is 0 Å². The van der Waals surface area contributed by atoms with Gasteiger partial charge < -0.3 is 8.98 Å². The Kier molecular flexibility index (Phi) is 3.80. The van der Waals surface area contributed by atoms with Gasteiger partial charge in [0.2, 0.25) is 5.89 Å². The molecule has 26 heavy (non-hydrogen) atoms. The van der Waals surface area contributed by atoms with E-state index in [0.717, 1.165) is 11.8 Å². The Labute approximate surface area is 148 Å². The molecule has 0 aliphatic heterocycles. The number of hydrogen-bond acceptors (Lipinski definition) is 6. The van der Waals surface area contributed by atoms with Crippen LogP contribution >= 0.6 is 0 Å². The number of fused-ring (bicyclic) bond motifs is 1. The summed E-state index contributed by atoms with van der Waals surface area (Å²) in [5, 5.41) is -0.108. The van der Waals surface area contributed by atoms with Crippen molar-refractivity contribution in [3.05, 3.63) is 60.4 Å². The molecule has 0 amide bonds. The lowest BCUT2D eigenvalue weighted by atomic mass is 10.2. The molecular formula is C17H13FN4O3S. The molecule has 4 aromatic rings. The van der Waals surface area contributed by atoms with Crippen molar-refractivity contribution in [2.24, 2.45) is 0 Å². The average molecular weight is 372 g/mol. The van der Waals surface area contributed by atoms with E-state index in [9.17, 15) is 12.8 Å². The summed E-state index contributed by atoms with van der Waals surface area (Å²) in [5.41, 5.74) is 2.32. The highest BCUT2D eigenvalue weighted by molar-refractivity contribution is 7.90. The summed E-state index contributed by atoms with van der Waals surface area (Å²) in [4.78, 5) is 12.6. The molecule has 132 valence electrons. The van der Waals surface area contributed by atoms with Crippen LogP contribution < -0.4 is 0 Å². The van der Waals surface area contributed by atoms with Crippen LogP contribution in [0.3, 0.4) is 0 Å². The van der Waals surface area contributed by atoms with Gasteiger partial charge >= 0.3 is 0 Å². The predicted octanol–water partition coefficient (Wildman–Crippen LogP) is 2.68. The quantitative estimate of drug-likeness (QED) is 0.547. The van der Waals surface area contributed by atoms with Crippen LogP contribution in [0.2, 0.25) is 0 Å². The third-order valence-corrected chi connectivity index (χ3v) is 4.82. The highest BCUT2D eigenvalue weighted by atomic mass is 32.2. The molecule has 0 saturated heterocycles. The zero-order valence-corrected chi connectivity index (χ0v) is 14.4. The monoisotopic (exact) mass is 372 g/mol. The molecule has 1 aromatic carbocycles.